The van der Waals surface area contributed by atoms with Crippen molar-refractivity contribution in [1.29, 1.82) is 0 Å². The van der Waals surface area contributed by atoms with Crippen LogP contribution in [-0.2, 0) is 4.74 Å². The monoisotopic (exact) mass is 381 g/mol. The van der Waals surface area contributed by atoms with Gasteiger partial charge in [-0.15, -0.1) is 0 Å². The van der Waals surface area contributed by atoms with Crippen molar-refractivity contribution in [3.8, 4) is 0 Å². The first-order valence-corrected chi connectivity index (χ1v) is 7.72. The molecule has 0 bridgehead atoms. The van der Waals surface area contributed by atoms with E-state index in [1.165, 1.54) is 0 Å². The Morgan fingerprint density at radius 3 is 2.73 bits per heavy atom. The highest BCUT2D eigenvalue weighted by Crippen LogP contribution is 2.22. The van der Waals surface area contributed by atoms with Crippen LogP contribution in [0.1, 0.15) is 27.6 Å². The molecule has 1 amide bonds. The largest absolute Gasteiger partial charge is 0.462 e. The number of rotatable bonds is 4. The van der Waals surface area contributed by atoms with Gasteiger partial charge >= 0.3 is 5.97 Å². The van der Waals surface area contributed by atoms with E-state index in [2.05, 4.69) is 21.2 Å². The van der Waals surface area contributed by atoms with Crippen LogP contribution in [0.15, 0.2) is 46.9 Å². The first-order chi connectivity index (χ1) is 10.5. The van der Waals surface area contributed by atoms with E-state index >= 15 is 0 Å². The molecule has 0 aliphatic rings. The van der Waals surface area contributed by atoms with Gasteiger partial charge in [-0.2, -0.15) is 0 Å². The number of hydrogen-bond donors (Lipinski definition) is 1. The van der Waals surface area contributed by atoms with Crippen LogP contribution >= 0.6 is 27.5 Å². The van der Waals surface area contributed by atoms with Crippen LogP contribution in [-0.4, -0.2) is 18.5 Å². The number of carbonyl (C=O) groups excluding carboxylic acids is 2. The van der Waals surface area contributed by atoms with Gasteiger partial charge in [-0.3, -0.25) is 4.79 Å². The second-order valence-corrected chi connectivity index (χ2v) is 5.70. The van der Waals surface area contributed by atoms with Gasteiger partial charge in [0.05, 0.1) is 22.8 Å². The summed E-state index contributed by atoms with van der Waals surface area (Å²) in [6, 6.07) is 11.6. The maximum Gasteiger partial charge on any atom is 0.338 e. The molecular weight excluding hydrogens is 370 g/mol. The van der Waals surface area contributed by atoms with Crippen LogP contribution in [0.4, 0.5) is 5.69 Å². The van der Waals surface area contributed by atoms with Gasteiger partial charge in [0.1, 0.15) is 0 Å². The molecule has 114 valence electrons. The zero-order chi connectivity index (χ0) is 16.1. The molecule has 0 aliphatic carbocycles. The fraction of sp³-hybridized carbons (Fsp3) is 0.125. The van der Waals surface area contributed by atoms with Gasteiger partial charge in [0.25, 0.3) is 5.91 Å². The maximum absolute atomic E-state index is 12.3. The summed E-state index contributed by atoms with van der Waals surface area (Å²) in [5, 5.41) is 3.06. The average molecular weight is 383 g/mol. The predicted molar refractivity (Wildman–Crippen MR) is 89.5 cm³/mol. The molecule has 0 saturated carbocycles. The molecule has 2 aromatic carbocycles. The summed E-state index contributed by atoms with van der Waals surface area (Å²) in [5.74, 6) is -0.786. The number of carbonyl (C=O) groups is 2. The fourth-order valence-electron chi connectivity index (χ4n) is 1.81. The third kappa shape index (κ3) is 4.08. The molecule has 0 aromatic heterocycles. The van der Waals surface area contributed by atoms with Crippen molar-refractivity contribution in [2.24, 2.45) is 0 Å². The SMILES string of the molecule is CCOC(=O)c1cccc(NC(=O)c2cc(Br)ccc2Cl)c1. The minimum absolute atomic E-state index is 0.295. The zero-order valence-electron chi connectivity index (χ0n) is 11.7. The molecule has 0 atom stereocenters. The summed E-state index contributed by atoms with van der Waals surface area (Å²) in [6.45, 7) is 2.03. The lowest BCUT2D eigenvalue weighted by atomic mass is 10.1. The highest BCUT2D eigenvalue weighted by molar-refractivity contribution is 9.10. The first kappa shape index (κ1) is 16.5. The Kier molecular flexibility index (Phi) is 5.57. The van der Waals surface area contributed by atoms with Crippen LogP contribution < -0.4 is 5.32 Å². The molecule has 0 unspecified atom stereocenters. The van der Waals surface area contributed by atoms with E-state index in [4.69, 9.17) is 16.3 Å². The van der Waals surface area contributed by atoms with E-state index in [0.29, 0.717) is 28.4 Å². The number of anilines is 1. The summed E-state index contributed by atoms with van der Waals surface area (Å²) < 4.78 is 5.68. The Morgan fingerprint density at radius 1 is 1.23 bits per heavy atom. The highest BCUT2D eigenvalue weighted by Gasteiger charge is 2.13. The quantitative estimate of drug-likeness (QED) is 0.790. The normalized spacial score (nSPS) is 10.1. The lowest BCUT2D eigenvalue weighted by Crippen LogP contribution is -2.13. The van der Waals surface area contributed by atoms with Crippen LogP contribution in [0.5, 0.6) is 0 Å². The second kappa shape index (κ2) is 7.42. The first-order valence-electron chi connectivity index (χ1n) is 6.55. The van der Waals surface area contributed by atoms with Gasteiger partial charge in [-0.25, -0.2) is 4.79 Å². The van der Waals surface area contributed by atoms with Crippen molar-refractivity contribution in [2.45, 2.75) is 6.92 Å². The molecular formula is C16H13BrClNO3. The Hall–Kier alpha value is -1.85. The molecule has 0 spiro atoms. The van der Waals surface area contributed by atoms with E-state index in [1.807, 2.05) is 0 Å². The third-order valence-electron chi connectivity index (χ3n) is 2.80. The van der Waals surface area contributed by atoms with Crippen molar-refractivity contribution >= 4 is 45.1 Å². The Balaban J connectivity index is 2.20. The van der Waals surface area contributed by atoms with Gasteiger partial charge in [0.15, 0.2) is 0 Å². The number of benzene rings is 2. The molecule has 0 saturated heterocycles. The predicted octanol–water partition coefficient (Wildman–Crippen LogP) is 4.53. The molecule has 4 nitrogen and oxygen atoms in total. The molecule has 22 heavy (non-hydrogen) atoms. The minimum Gasteiger partial charge on any atom is -0.462 e. The van der Waals surface area contributed by atoms with Gasteiger partial charge in [0.2, 0.25) is 0 Å². The van der Waals surface area contributed by atoms with Crippen molar-refractivity contribution in [3.05, 3.63) is 63.1 Å². The fourth-order valence-corrected chi connectivity index (χ4v) is 2.37. The molecule has 0 aliphatic heterocycles. The van der Waals surface area contributed by atoms with Crippen LogP contribution in [0.2, 0.25) is 5.02 Å². The summed E-state index contributed by atoms with van der Waals surface area (Å²) in [6.07, 6.45) is 0. The highest BCUT2D eigenvalue weighted by atomic mass is 79.9. The average Bonchev–Trinajstić information content (AvgIpc) is 2.50. The lowest BCUT2D eigenvalue weighted by molar-refractivity contribution is 0.0526. The van der Waals surface area contributed by atoms with Crippen molar-refractivity contribution in [1.82, 2.24) is 0 Å². The summed E-state index contributed by atoms with van der Waals surface area (Å²) in [5.41, 5.74) is 1.21. The van der Waals surface area contributed by atoms with Gasteiger partial charge in [-0.1, -0.05) is 33.6 Å². The lowest BCUT2D eigenvalue weighted by Gasteiger charge is -2.09. The second-order valence-electron chi connectivity index (χ2n) is 4.38. The third-order valence-corrected chi connectivity index (χ3v) is 3.63. The van der Waals surface area contributed by atoms with Crippen molar-refractivity contribution in [2.75, 3.05) is 11.9 Å². The minimum atomic E-state index is -0.431. The van der Waals surface area contributed by atoms with Gasteiger partial charge in [-0.05, 0) is 43.3 Å². The molecule has 1 N–H and O–H groups in total. The number of nitrogens with one attached hydrogen (secondary N) is 1. The molecule has 0 radical (unpaired) electrons. The van der Waals surface area contributed by atoms with E-state index in [0.717, 1.165) is 4.47 Å². The maximum atomic E-state index is 12.3. The topological polar surface area (TPSA) is 55.4 Å². The smallest absolute Gasteiger partial charge is 0.338 e. The molecule has 2 rings (SSSR count). The number of esters is 1. The van der Waals surface area contributed by atoms with Gasteiger partial charge < -0.3 is 10.1 Å². The molecule has 6 heteroatoms. The summed E-state index contributed by atoms with van der Waals surface area (Å²) in [7, 11) is 0. The standard InChI is InChI=1S/C16H13BrClNO3/c1-2-22-16(21)10-4-3-5-12(8-10)19-15(20)13-9-11(17)6-7-14(13)18/h3-9H,2H2,1H3,(H,19,20). The van der Waals surface area contributed by atoms with E-state index < -0.39 is 5.97 Å². The molecule has 2 aromatic rings. The van der Waals surface area contributed by atoms with Crippen LogP contribution in [0, 0.1) is 0 Å². The van der Waals surface area contributed by atoms with Crippen molar-refractivity contribution in [3.63, 3.8) is 0 Å². The Bertz CT molecular complexity index is 718. The Labute approximate surface area is 141 Å². The Morgan fingerprint density at radius 2 is 2.00 bits per heavy atom. The van der Waals surface area contributed by atoms with Crippen LogP contribution in [0.25, 0.3) is 0 Å². The van der Waals surface area contributed by atoms with E-state index in [1.54, 1.807) is 49.4 Å². The zero-order valence-corrected chi connectivity index (χ0v) is 14.1. The van der Waals surface area contributed by atoms with E-state index in [-0.39, 0.29) is 5.91 Å². The number of halogens is 2. The van der Waals surface area contributed by atoms with E-state index in [9.17, 15) is 9.59 Å². The van der Waals surface area contributed by atoms with Crippen LogP contribution in [0.3, 0.4) is 0 Å². The summed E-state index contributed by atoms with van der Waals surface area (Å²) >= 11 is 9.32. The van der Waals surface area contributed by atoms with Gasteiger partial charge in [0, 0.05) is 10.2 Å². The number of ether oxygens (including phenoxy) is 1. The summed E-state index contributed by atoms with van der Waals surface area (Å²) in [4.78, 5) is 24.0. The molecule has 0 fully saturated rings. The molecule has 0 heterocycles. The van der Waals surface area contributed by atoms with Crippen molar-refractivity contribution < 1.29 is 14.3 Å². The number of hydrogen-bond acceptors (Lipinski definition) is 3. The number of amides is 1.